The van der Waals surface area contributed by atoms with E-state index >= 15 is 0 Å². The van der Waals surface area contributed by atoms with Crippen molar-refractivity contribution in [2.45, 2.75) is 199 Å². The molecule has 346 valence electrons. The molecule has 60 heavy (non-hydrogen) atoms. The van der Waals surface area contributed by atoms with E-state index in [-0.39, 0.29) is 32.6 Å². The molecule has 0 saturated carbocycles. The Kier molecular flexibility index (Phi) is 42.5. The second-order valence-corrected chi connectivity index (χ2v) is 16.9. The van der Waals surface area contributed by atoms with E-state index in [0.717, 1.165) is 38.5 Å². The number of unbranched alkanes of at least 4 members (excludes halogenated alkanes) is 18. The van der Waals surface area contributed by atoms with E-state index in [1.807, 2.05) is 55.5 Å². The zero-order chi connectivity index (χ0) is 44.0. The number of allylic oxidation sites excluding steroid dienone is 10. The number of carbonyl (C=O) groups excluding carboxylic acids is 2. The van der Waals surface area contributed by atoms with Crippen molar-refractivity contribution < 1.29 is 42.7 Å². The summed E-state index contributed by atoms with van der Waals surface area (Å²) < 4.78 is 32.8. The summed E-state index contributed by atoms with van der Waals surface area (Å²) >= 11 is 0. The lowest BCUT2D eigenvalue weighted by Gasteiger charge is -2.19. The molecule has 0 aliphatic carbocycles. The Morgan fingerprint density at radius 1 is 0.600 bits per heavy atom. The Morgan fingerprint density at radius 3 is 1.73 bits per heavy atom. The van der Waals surface area contributed by atoms with Gasteiger partial charge in [-0.1, -0.05) is 177 Å². The maximum atomic E-state index is 12.6. The summed E-state index contributed by atoms with van der Waals surface area (Å²) in [6, 6.07) is 0. The van der Waals surface area contributed by atoms with Crippen LogP contribution in [0.25, 0.3) is 0 Å². The molecule has 0 bridgehead atoms. The molecule has 0 aliphatic rings. The van der Waals surface area contributed by atoms with Crippen molar-refractivity contribution in [3.63, 3.8) is 0 Å². The molecule has 11 heteroatoms. The monoisotopic (exact) mass is 864 g/mol. The zero-order valence-electron chi connectivity index (χ0n) is 37.8. The number of ether oxygens (including phenoxy) is 2. The van der Waals surface area contributed by atoms with Gasteiger partial charge in [0, 0.05) is 19.4 Å². The number of phosphoric acid groups is 1. The van der Waals surface area contributed by atoms with Crippen LogP contribution in [-0.2, 0) is 32.7 Å². The lowest BCUT2D eigenvalue weighted by molar-refractivity contribution is -0.161. The molecular formula is C49H86NO9P. The highest BCUT2D eigenvalue weighted by molar-refractivity contribution is 7.47. The number of carbonyl (C=O) groups is 2. The van der Waals surface area contributed by atoms with Gasteiger partial charge in [0.2, 0.25) is 0 Å². The lowest BCUT2D eigenvalue weighted by atomic mass is 10.0. The van der Waals surface area contributed by atoms with Crippen LogP contribution in [0.3, 0.4) is 0 Å². The second-order valence-electron chi connectivity index (χ2n) is 15.4. The largest absolute Gasteiger partial charge is 0.472 e. The van der Waals surface area contributed by atoms with Gasteiger partial charge in [0.1, 0.15) is 6.61 Å². The van der Waals surface area contributed by atoms with Crippen LogP contribution in [0.5, 0.6) is 0 Å². The average molecular weight is 864 g/mol. The number of phosphoric ester groups is 1. The molecule has 10 nitrogen and oxygen atoms in total. The Morgan fingerprint density at radius 2 is 1.12 bits per heavy atom. The molecule has 2 unspecified atom stereocenters. The summed E-state index contributed by atoms with van der Waals surface area (Å²) in [5.74, 6) is -0.923. The molecule has 0 radical (unpaired) electrons. The summed E-state index contributed by atoms with van der Waals surface area (Å²) in [4.78, 5) is 34.9. The molecule has 0 aromatic rings. The van der Waals surface area contributed by atoms with Gasteiger partial charge in [-0.05, 0) is 70.6 Å². The third-order valence-corrected chi connectivity index (χ3v) is 10.6. The van der Waals surface area contributed by atoms with Crippen molar-refractivity contribution >= 4 is 19.8 Å². The molecule has 0 rings (SSSR count). The molecule has 0 aromatic carbocycles. The fourth-order valence-corrected chi connectivity index (χ4v) is 6.92. The van der Waals surface area contributed by atoms with Gasteiger partial charge < -0.3 is 25.2 Å². The minimum Gasteiger partial charge on any atom is -0.462 e. The van der Waals surface area contributed by atoms with Gasteiger partial charge in [0.05, 0.1) is 19.3 Å². The first-order valence-electron chi connectivity index (χ1n) is 23.5. The first-order chi connectivity index (χ1) is 29.2. The van der Waals surface area contributed by atoms with Crippen LogP contribution >= 0.6 is 7.82 Å². The van der Waals surface area contributed by atoms with Crippen molar-refractivity contribution in [1.82, 2.24) is 0 Å². The van der Waals surface area contributed by atoms with Gasteiger partial charge in [-0.15, -0.1) is 0 Å². The Labute approximate surface area is 365 Å². The van der Waals surface area contributed by atoms with Gasteiger partial charge >= 0.3 is 19.8 Å². The molecule has 0 fully saturated rings. The highest BCUT2D eigenvalue weighted by atomic mass is 31.2. The quantitative estimate of drug-likeness (QED) is 0.0177. The fourth-order valence-electron chi connectivity index (χ4n) is 6.16. The molecule has 4 N–H and O–H groups in total. The molecule has 0 aliphatic heterocycles. The Hall–Kier alpha value is -2.59. The SMILES string of the molecule is CC/C=C\C(O)C/C=C/C=C\C/C=C\C/C=C\CCCC(=O)O[C@H](COC(=O)CCCCCCCCCCCCC/C=C\CCCCCCCC)COP(=O)(O)OCCN. The predicted molar refractivity (Wildman–Crippen MR) is 248 cm³/mol. The molecule has 0 spiro atoms. The number of aliphatic hydroxyl groups excluding tert-OH is 1. The van der Waals surface area contributed by atoms with E-state index in [0.29, 0.717) is 25.7 Å². The van der Waals surface area contributed by atoms with Crippen molar-refractivity contribution in [1.29, 1.82) is 0 Å². The molecule has 0 heterocycles. The molecule has 0 amide bonds. The molecule has 0 saturated heterocycles. The maximum absolute atomic E-state index is 12.6. The van der Waals surface area contributed by atoms with E-state index in [2.05, 4.69) is 31.2 Å². The van der Waals surface area contributed by atoms with Gasteiger partial charge in [-0.25, -0.2) is 4.57 Å². The number of hydrogen-bond donors (Lipinski definition) is 3. The number of aliphatic hydroxyl groups is 1. The van der Waals surface area contributed by atoms with Crippen LogP contribution in [0.4, 0.5) is 0 Å². The summed E-state index contributed by atoms with van der Waals surface area (Å²) in [7, 11) is -4.41. The highest BCUT2D eigenvalue weighted by Crippen LogP contribution is 2.43. The summed E-state index contributed by atoms with van der Waals surface area (Å²) in [6.07, 6.45) is 51.4. The summed E-state index contributed by atoms with van der Waals surface area (Å²) in [6.45, 7) is 3.41. The van der Waals surface area contributed by atoms with E-state index in [9.17, 15) is 24.2 Å². The minimum atomic E-state index is -4.41. The van der Waals surface area contributed by atoms with E-state index in [1.54, 1.807) is 0 Å². The highest BCUT2D eigenvalue weighted by Gasteiger charge is 2.26. The van der Waals surface area contributed by atoms with Gasteiger partial charge in [0.15, 0.2) is 6.10 Å². The first-order valence-corrected chi connectivity index (χ1v) is 25.0. The van der Waals surface area contributed by atoms with Crippen molar-refractivity contribution in [2.75, 3.05) is 26.4 Å². The van der Waals surface area contributed by atoms with Crippen molar-refractivity contribution in [3.05, 3.63) is 72.9 Å². The van der Waals surface area contributed by atoms with Crippen LogP contribution in [0.2, 0.25) is 0 Å². The summed E-state index contributed by atoms with van der Waals surface area (Å²) in [5.41, 5.74) is 5.35. The van der Waals surface area contributed by atoms with E-state index < -0.39 is 38.6 Å². The van der Waals surface area contributed by atoms with Crippen LogP contribution in [0.15, 0.2) is 72.9 Å². The standard InChI is InChI=1S/C49H86NO9P/c1-3-5-7-8-9-10-11-12-13-14-15-16-17-18-19-20-24-27-30-33-36-40-48(52)56-44-47(45-58-60(54,55)57-43-42-50)59-49(53)41-37-34-31-28-25-22-21-23-26-29-32-35-39-46(51)38-6-4-2/h6,12-13,21-22,26,28-29,31-32,35,38,46-47,51H,3-5,7-11,14-20,23-25,27,30,33-34,36-37,39-45,50H2,1-2H3,(H,54,55)/b13-12-,22-21-,29-26-,31-28-,35-32+,38-6-/t46?,47-/m1/s1. The van der Waals surface area contributed by atoms with Gasteiger partial charge in [-0.2, -0.15) is 0 Å². The number of hydrogen-bond acceptors (Lipinski definition) is 9. The Balaban J connectivity index is 4.20. The number of esters is 2. The summed E-state index contributed by atoms with van der Waals surface area (Å²) in [5, 5.41) is 9.77. The third kappa shape index (κ3) is 43.5. The van der Waals surface area contributed by atoms with Crippen LogP contribution in [-0.4, -0.2) is 60.5 Å². The van der Waals surface area contributed by atoms with Crippen LogP contribution in [0, 0.1) is 0 Å². The van der Waals surface area contributed by atoms with Crippen LogP contribution < -0.4 is 5.73 Å². The van der Waals surface area contributed by atoms with Gasteiger partial charge in [0.25, 0.3) is 0 Å². The first kappa shape index (κ1) is 57.4. The molecule has 3 atom stereocenters. The van der Waals surface area contributed by atoms with E-state index in [1.165, 1.54) is 96.3 Å². The average Bonchev–Trinajstić information content (AvgIpc) is 3.23. The topological polar surface area (TPSA) is 155 Å². The zero-order valence-corrected chi connectivity index (χ0v) is 38.7. The van der Waals surface area contributed by atoms with Crippen molar-refractivity contribution in [2.24, 2.45) is 5.73 Å². The molecular weight excluding hydrogens is 778 g/mol. The normalized spacial score (nSPS) is 14.4. The Bertz CT molecular complexity index is 1230. The van der Waals surface area contributed by atoms with Crippen molar-refractivity contribution in [3.8, 4) is 0 Å². The van der Waals surface area contributed by atoms with Crippen LogP contribution in [0.1, 0.15) is 187 Å². The maximum Gasteiger partial charge on any atom is 0.472 e. The fraction of sp³-hybridized carbons (Fsp3) is 0.714. The smallest absolute Gasteiger partial charge is 0.462 e. The van der Waals surface area contributed by atoms with Gasteiger partial charge in [-0.3, -0.25) is 18.6 Å². The third-order valence-electron chi connectivity index (χ3n) is 9.65. The second kappa shape index (κ2) is 44.5. The lowest BCUT2D eigenvalue weighted by Crippen LogP contribution is -2.29. The number of rotatable bonds is 43. The number of nitrogens with two attached hydrogens (primary N) is 1. The predicted octanol–water partition coefficient (Wildman–Crippen LogP) is 12.8. The minimum absolute atomic E-state index is 0.0343. The van der Waals surface area contributed by atoms with E-state index in [4.69, 9.17) is 24.3 Å². The molecule has 0 aromatic heterocycles.